The van der Waals surface area contributed by atoms with Crippen LogP contribution in [0, 0.1) is 5.92 Å². The van der Waals surface area contributed by atoms with E-state index in [0.29, 0.717) is 5.92 Å². The third-order valence-electron chi connectivity index (χ3n) is 4.25. The van der Waals surface area contributed by atoms with Gasteiger partial charge in [-0.1, -0.05) is 58.8 Å². The second-order valence-corrected chi connectivity index (χ2v) is 5.88. The van der Waals surface area contributed by atoms with Gasteiger partial charge in [-0.15, -0.1) is 0 Å². The number of aliphatic hydroxyl groups is 2. The summed E-state index contributed by atoms with van der Waals surface area (Å²) < 4.78 is 0. The third kappa shape index (κ3) is 4.59. The molecular formula is C15H30O2. The Labute approximate surface area is 106 Å². The molecule has 3 atom stereocenters. The predicted molar refractivity (Wildman–Crippen MR) is 72.0 cm³/mol. The monoisotopic (exact) mass is 242 g/mol. The van der Waals surface area contributed by atoms with Crippen LogP contribution in [-0.4, -0.2) is 21.9 Å². The van der Waals surface area contributed by atoms with E-state index in [1.54, 1.807) is 0 Å². The SMILES string of the molecule is CCCCCC1CC(O)C(O)(CCCCC)C1. The smallest absolute Gasteiger partial charge is 0.0908 e. The average Bonchev–Trinajstić information content (AvgIpc) is 2.56. The van der Waals surface area contributed by atoms with Gasteiger partial charge in [0.1, 0.15) is 0 Å². The second kappa shape index (κ2) is 7.38. The van der Waals surface area contributed by atoms with Crippen molar-refractivity contribution in [1.29, 1.82) is 0 Å². The summed E-state index contributed by atoms with van der Waals surface area (Å²) in [6.07, 6.45) is 10.3. The van der Waals surface area contributed by atoms with E-state index in [9.17, 15) is 10.2 Å². The predicted octanol–water partition coefficient (Wildman–Crippen LogP) is 3.65. The van der Waals surface area contributed by atoms with Gasteiger partial charge in [0.25, 0.3) is 0 Å². The molecule has 2 heteroatoms. The minimum absolute atomic E-state index is 0.481. The third-order valence-corrected chi connectivity index (χ3v) is 4.25. The zero-order chi connectivity index (χ0) is 12.7. The molecule has 0 saturated heterocycles. The van der Waals surface area contributed by atoms with E-state index in [-0.39, 0.29) is 0 Å². The van der Waals surface area contributed by atoms with E-state index in [2.05, 4.69) is 13.8 Å². The van der Waals surface area contributed by atoms with Gasteiger partial charge in [0, 0.05) is 0 Å². The average molecular weight is 242 g/mol. The summed E-state index contributed by atoms with van der Waals surface area (Å²) in [5, 5.41) is 20.5. The molecular weight excluding hydrogens is 212 g/mol. The molecule has 1 aliphatic carbocycles. The number of unbranched alkanes of at least 4 members (excludes halogenated alkanes) is 4. The van der Waals surface area contributed by atoms with Crippen molar-refractivity contribution < 1.29 is 10.2 Å². The molecule has 0 bridgehead atoms. The van der Waals surface area contributed by atoms with Crippen molar-refractivity contribution in [3.8, 4) is 0 Å². The Bertz CT molecular complexity index is 205. The summed E-state index contributed by atoms with van der Waals surface area (Å²) in [6, 6.07) is 0. The molecule has 1 fully saturated rings. The van der Waals surface area contributed by atoms with Gasteiger partial charge in [0.2, 0.25) is 0 Å². The molecule has 0 amide bonds. The maximum absolute atomic E-state index is 10.5. The highest BCUT2D eigenvalue weighted by molar-refractivity contribution is 4.96. The van der Waals surface area contributed by atoms with Crippen molar-refractivity contribution in [2.24, 2.45) is 5.92 Å². The molecule has 0 aromatic carbocycles. The van der Waals surface area contributed by atoms with Gasteiger partial charge in [-0.2, -0.15) is 0 Å². The molecule has 2 nitrogen and oxygen atoms in total. The topological polar surface area (TPSA) is 40.5 Å². The van der Waals surface area contributed by atoms with Crippen molar-refractivity contribution in [2.75, 3.05) is 0 Å². The first-order valence-corrected chi connectivity index (χ1v) is 7.52. The Kier molecular flexibility index (Phi) is 6.50. The lowest BCUT2D eigenvalue weighted by molar-refractivity contribution is -0.0602. The van der Waals surface area contributed by atoms with E-state index in [4.69, 9.17) is 0 Å². The first-order valence-electron chi connectivity index (χ1n) is 7.52. The molecule has 0 spiro atoms. The summed E-state index contributed by atoms with van der Waals surface area (Å²) in [7, 11) is 0. The Morgan fingerprint density at radius 1 is 1.06 bits per heavy atom. The van der Waals surface area contributed by atoms with Crippen LogP contribution in [-0.2, 0) is 0 Å². The molecule has 0 aromatic rings. The van der Waals surface area contributed by atoms with Crippen LogP contribution < -0.4 is 0 Å². The molecule has 17 heavy (non-hydrogen) atoms. The lowest BCUT2D eigenvalue weighted by atomic mass is 9.91. The number of aliphatic hydroxyl groups excluding tert-OH is 1. The van der Waals surface area contributed by atoms with Crippen molar-refractivity contribution >= 4 is 0 Å². The molecule has 3 unspecified atom stereocenters. The zero-order valence-corrected chi connectivity index (χ0v) is 11.6. The minimum atomic E-state index is -0.772. The molecule has 2 N–H and O–H groups in total. The normalized spacial score (nSPS) is 33.2. The van der Waals surface area contributed by atoms with Crippen molar-refractivity contribution in [2.45, 2.75) is 89.8 Å². The molecule has 1 rings (SSSR count). The van der Waals surface area contributed by atoms with Crippen molar-refractivity contribution in [3.05, 3.63) is 0 Å². The number of hydrogen-bond acceptors (Lipinski definition) is 2. The number of hydrogen-bond donors (Lipinski definition) is 2. The molecule has 0 radical (unpaired) electrons. The fourth-order valence-electron chi connectivity index (χ4n) is 3.11. The van der Waals surface area contributed by atoms with Gasteiger partial charge in [0.05, 0.1) is 11.7 Å². The van der Waals surface area contributed by atoms with Crippen LogP contribution in [0.1, 0.15) is 78.1 Å². The Morgan fingerprint density at radius 2 is 1.71 bits per heavy atom. The highest BCUT2D eigenvalue weighted by atomic mass is 16.3. The van der Waals surface area contributed by atoms with Gasteiger partial charge in [-0.25, -0.2) is 0 Å². The van der Waals surface area contributed by atoms with Crippen LogP contribution in [0.4, 0.5) is 0 Å². The maximum atomic E-state index is 10.5. The Morgan fingerprint density at radius 3 is 2.35 bits per heavy atom. The molecule has 0 aromatic heterocycles. The summed E-state index contributed by atoms with van der Waals surface area (Å²) >= 11 is 0. The summed E-state index contributed by atoms with van der Waals surface area (Å²) in [5.74, 6) is 0.545. The fourth-order valence-corrected chi connectivity index (χ4v) is 3.11. The molecule has 0 aliphatic heterocycles. The van der Waals surface area contributed by atoms with Gasteiger partial charge >= 0.3 is 0 Å². The molecule has 1 saturated carbocycles. The largest absolute Gasteiger partial charge is 0.390 e. The van der Waals surface area contributed by atoms with E-state index in [1.165, 1.54) is 32.1 Å². The van der Waals surface area contributed by atoms with Crippen LogP contribution in [0.15, 0.2) is 0 Å². The quantitative estimate of drug-likeness (QED) is 0.638. The first-order chi connectivity index (χ1) is 8.12. The van der Waals surface area contributed by atoms with Gasteiger partial charge in [-0.3, -0.25) is 0 Å². The molecule has 102 valence electrons. The summed E-state index contributed by atoms with van der Waals surface area (Å²) in [6.45, 7) is 4.38. The van der Waals surface area contributed by atoms with Crippen LogP contribution in [0.5, 0.6) is 0 Å². The van der Waals surface area contributed by atoms with Gasteiger partial charge < -0.3 is 10.2 Å². The van der Waals surface area contributed by atoms with Crippen LogP contribution in [0.3, 0.4) is 0 Å². The zero-order valence-electron chi connectivity index (χ0n) is 11.6. The highest BCUT2D eigenvalue weighted by Gasteiger charge is 2.44. The summed E-state index contributed by atoms with van der Waals surface area (Å²) in [4.78, 5) is 0. The highest BCUT2D eigenvalue weighted by Crippen LogP contribution is 2.40. The second-order valence-electron chi connectivity index (χ2n) is 5.88. The van der Waals surface area contributed by atoms with Crippen molar-refractivity contribution in [1.82, 2.24) is 0 Å². The lowest BCUT2D eigenvalue weighted by Gasteiger charge is -2.26. The minimum Gasteiger partial charge on any atom is -0.390 e. The Hall–Kier alpha value is -0.0800. The van der Waals surface area contributed by atoms with Crippen LogP contribution in [0.2, 0.25) is 0 Å². The van der Waals surface area contributed by atoms with Gasteiger partial charge in [0.15, 0.2) is 0 Å². The van der Waals surface area contributed by atoms with E-state index >= 15 is 0 Å². The first kappa shape index (κ1) is 15.0. The maximum Gasteiger partial charge on any atom is 0.0908 e. The summed E-state index contributed by atoms with van der Waals surface area (Å²) in [5.41, 5.74) is -0.772. The standard InChI is InChI=1S/C15H30O2/c1-3-5-7-9-13-11-14(16)15(17,12-13)10-8-6-4-2/h13-14,16-17H,3-12H2,1-2H3. The number of rotatable bonds is 8. The molecule has 0 heterocycles. The van der Waals surface area contributed by atoms with Gasteiger partial charge in [-0.05, 0) is 25.2 Å². The van der Waals surface area contributed by atoms with Crippen LogP contribution >= 0.6 is 0 Å². The fraction of sp³-hybridized carbons (Fsp3) is 1.00. The van der Waals surface area contributed by atoms with Crippen LogP contribution in [0.25, 0.3) is 0 Å². The van der Waals surface area contributed by atoms with E-state index < -0.39 is 11.7 Å². The van der Waals surface area contributed by atoms with E-state index in [0.717, 1.165) is 32.1 Å². The lowest BCUT2D eigenvalue weighted by Crippen LogP contribution is -2.37. The van der Waals surface area contributed by atoms with E-state index in [1.807, 2.05) is 0 Å². The molecule has 1 aliphatic rings. The van der Waals surface area contributed by atoms with Crippen molar-refractivity contribution in [3.63, 3.8) is 0 Å². The Balaban J connectivity index is 2.31.